The van der Waals surface area contributed by atoms with Gasteiger partial charge in [0.1, 0.15) is 0 Å². The maximum atomic E-state index is 11.6. The van der Waals surface area contributed by atoms with Gasteiger partial charge in [0.25, 0.3) is 0 Å². The second kappa shape index (κ2) is 9.75. The Morgan fingerprint density at radius 1 is 1.00 bits per heavy atom. The van der Waals surface area contributed by atoms with Crippen LogP contribution in [0.5, 0.6) is 0 Å². The van der Waals surface area contributed by atoms with E-state index in [1.807, 2.05) is 0 Å². The van der Waals surface area contributed by atoms with Crippen LogP contribution < -0.4 is 0 Å². The summed E-state index contributed by atoms with van der Waals surface area (Å²) >= 11 is 0. The maximum absolute atomic E-state index is 11.6. The first-order valence-corrected chi connectivity index (χ1v) is 5.22. The molecule has 0 aromatic rings. The highest BCUT2D eigenvalue weighted by molar-refractivity contribution is 6.49. The largest absolute Gasteiger partial charge is 0.564 e. The van der Waals surface area contributed by atoms with Crippen LogP contribution in [-0.2, 0) is 0 Å². The molecular formula is C10H19BF2. The van der Waals surface area contributed by atoms with Crippen molar-refractivity contribution in [3.05, 3.63) is 12.1 Å². The summed E-state index contributed by atoms with van der Waals surface area (Å²) in [4.78, 5) is 0. The van der Waals surface area contributed by atoms with Gasteiger partial charge in [0, 0.05) is 0 Å². The summed E-state index contributed by atoms with van der Waals surface area (Å²) in [6, 6.07) is 0. The highest BCUT2D eigenvalue weighted by Gasteiger charge is 2.03. The van der Waals surface area contributed by atoms with Gasteiger partial charge in [-0.3, -0.25) is 8.63 Å². The van der Waals surface area contributed by atoms with Gasteiger partial charge in [0.15, 0.2) is 0 Å². The highest BCUT2D eigenvalue weighted by atomic mass is 19.2. The van der Waals surface area contributed by atoms with Gasteiger partial charge >= 0.3 is 7.27 Å². The summed E-state index contributed by atoms with van der Waals surface area (Å²) in [6.45, 7) is 2.19. The number of unbranched alkanes of at least 4 members (excludes halogenated alkanes) is 6. The van der Waals surface area contributed by atoms with Crippen molar-refractivity contribution in [1.29, 1.82) is 0 Å². The average molecular weight is 188 g/mol. The van der Waals surface area contributed by atoms with Crippen LogP contribution in [0.1, 0.15) is 51.9 Å². The minimum Gasteiger partial charge on any atom is -0.282 e. The predicted octanol–water partition coefficient (Wildman–Crippen LogP) is 4.26. The molecule has 0 saturated heterocycles. The number of hydrogen-bond donors (Lipinski definition) is 0. The molecule has 0 saturated carbocycles. The molecule has 0 radical (unpaired) electrons. The van der Waals surface area contributed by atoms with Crippen LogP contribution in [0.3, 0.4) is 0 Å². The molecule has 0 nitrogen and oxygen atoms in total. The lowest BCUT2D eigenvalue weighted by molar-refractivity contribution is 0.611. The second-order valence-corrected chi connectivity index (χ2v) is 3.32. The fourth-order valence-corrected chi connectivity index (χ4v) is 1.24. The molecule has 0 unspecified atom stereocenters. The Morgan fingerprint density at radius 2 is 1.62 bits per heavy atom. The normalized spacial score (nSPS) is 11.0. The molecule has 13 heavy (non-hydrogen) atoms. The van der Waals surface area contributed by atoms with Gasteiger partial charge in [-0.25, -0.2) is 0 Å². The molecule has 0 aliphatic carbocycles. The SMILES string of the molecule is CCCCCCCC/C=C/B(F)F. The standard InChI is InChI=1S/C10H19BF2/c1-2-3-4-5-6-7-8-9-10-11(12)13/h9-10H,2-8H2,1H3/b10-9+. The third kappa shape index (κ3) is 11.7. The van der Waals surface area contributed by atoms with Gasteiger partial charge in [0.05, 0.1) is 0 Å². The molecule has 0 amide bonds. The van der Waals surface area contributed by atoms with E-state index >= 15 is 0 Å². The predicted molar refractivity (Wildman–Crippen MR) is 55.1 cm³/mol. The Kier molecular flexibility index (Phi) is 9.50. The zero-order valence-corrected chi connectivity index (χ0v) is 8.44. The van der Waals surface area contributed by atoms with Gasteiger partial charge in [0.2, 0.25) is 0 Å². The van der Waals surface area contributed by atoms with E-state index in [-0.39, 0.29) is 0 Å². The average Bonchev–Trinajstić information content (AvgIpc) is 2.09. The zero-order chi connectivity index (χ0) is 9.94. The van der Waals surface area contributed by atoms with Crippen molar-refractivity contribution < 1.29 is 8.63 Å². The van der Waals surface area contributed by atoms with E-state index in [2.05, 4.69) is 6.92 Å². The lowest BCUT2D eigenvalue weighted by Gasteiger charge is -1.97. The minimum absolute atomic E-state index is 0.802. The summed E-state index contributed by atoms with van der Waals surface area (Å²) in [5, 5.41) is 0. The molecule has 0 aliphatic heterocycles. The van der Waals surface area contributed by atoms with Crippen molar-refractivity contribution in [2.75, 3.05) is 0 Å². The van der Waals surface area contributed by atoms with Crippen molar-refractivity contribution in [1.82, 2.24) is 0 Å². The molecule has 0 fully saturated rings. The van der Waals surface area contributed by atoms with E-state index in [4.69, 9.17) is 0 Å². The van der Waals surface area contributed by atoms with Crippen LogP contribution in [0.4, 0.5) is 8.63 Å². The Morgan fingerprint density at radius 3 is 2.23 bits per heavy atom. The van der Waals surface area contributed by atoms with Crippen LogP contribution in [0.2, 0.25) is 0 Å². The fourth-order valence-electron chi connectivity index (χ4n) is 1.24. The molecule has 0 aliphatic rings. The summed E-state index contributed by atoms with van der Waals surface area (Å²) in [7, 11) is -2.28. The van der Waals surface area contributed by atoms with E-state index in [0.29, 0.717) is 0 Å². The monoisotopic (exact) mass is 188 g/mol. The van der Waals surface area contributed by atoms with Crippen LogP contribution in [0, 0.1) is 0 Å². The van der Waals surface area contributed by atoms with Gasteiger partial charge in [-0.15, -0.1) is 0 Å². The molecule has 0 spiro atoms. The van der Waals surface area contributed by atoms with E-state index in [9.17, 15) is 8.63 Å². The zero-order valence-electron chi connectivity index (χ0n) is 8.44. The molecule has 0 N–H and O–H groups in total. The summed E-state index contributed by atoms with van der Waals surface area (Å²) < 4.78 is 23.2. The molecule has 3 heteroatoms. The van der Waals surface area contributed by atoms with Crippen molar-refractivity contribution >= 4 is 7.27 Å². The Labute approximate surface area is 80.6 Å². The molecule has 0 bridgehead atoms. The third-order valence-electron chi connectivity index (χ3n) is 2.01. The van der Waals surface area contributed by atoms with Crippen LogP contribution in [0.15, 0.2) is 12.1 Å². The van der Waals surface area contributed by atoms with Crippen LogP contribution in [0.25, 0.3) is 0 Å². The van der Waals surface area contributed by atoms with Crippen LogP contribution in [-0.4, -0.2) is 7.27 Å². The maximum Gasteiger partial charge on any atom is 0.564 e. The first-order chi connectivity index (χ1) is 6.27. The minimum atomic E-state index is -2.28. The van der Waals surface area contributed by atoms with Gasteiger partial charge < -0.3 is 0 Å². The van der Waals surface area contributed by atoms with E-state index in [1.54, 1.807) is 6.08 Å². The smallest absolute Gasteiger partial charge is 0.282 e. The molecular weight excluding hydrogens is 169 g/mol. The third-order valence-corrected chi connectivity index (χ3v) is 2.01. The molecule has 0 aromatic heterocycles. The van der Waals surface area contributed by atoms with Gasteiger partial charge in [-0.05, 0) is 18.8 Å². The first kappa shape index (κ1) is 12.7. The second-order valence-electron chi connectivity index (χ2n) is 3.32. The van der Waals surface area contributed by atoms with Crippen molar-refractivity contribution in [2.45, 2.75) is 51.9 Å². The molecule has 0 rings (SSSR count). The number of hydrogen-bond acceptors (Lipinski definition) is 0. The molecule has 0 atom stereocenters. The van der Waals surface area contributed by atoms with Gasteiger partial charge in [-0.2, -0.15) is 0 Å². The topological polar surface area (TPSA) is 0 Å². The lowest BCUT2D eigenvalue weighted by Crippen LogP contribution is -1.87. The van der Waals surface area contributed by atoms with Gasteiger partial charge in [-0.1, -0.05) is 45.1 Å². The summed E-state index contributed by atoms with van der Waals surface area (Å²) in [5.74, 6) is 0.978. The highest BCUT2D eigenvalue weighted by Crippen LogP contribution is 2.07. The lowest BCUT2D eigenvalue weighted by atomic mass is 9.98. The molecule has 76 valence electrons. The van der Waals surface area contributed by atoms with Crippen LogP contribution >= 0.6 is 0 Å². The first-order valence-electron chi connectivity index (χ1n) is 5.22. The Hall–Kier alpha value is -0.335. The summed E-state index contributed by atoms with van der Waals surface area (Å²) in [6.07, 6.45) is 9.70. The Balaban J connectivity index is 2.99. The summed E-state index contributed by atoms with van der Waals surface area (Å²) in [5.41, 5.74) is 0. The Bertz CT molecular complexity index is 124. The van der Waals surface area contributed by atoms with Crippen molar-refractivity contribution in [3.63, 3.8) is 0 Å². The number of halogens is 2. The van der Waals surface area contributed by atoms with E-state index in [0.717, 1.165) is 18.8 Å². The number of rotatable bonds is 8. The van der Waals surface area contributed by atoms with E-state index < -0.39 is 7.27 Å². The van der Waals surface area contributed by atoms with Crippen molar-refractivity contribution in [2.24, 2.45) is 0 Å². The van der Waals surface area contributed by atoms with E-state index in [1.165, 1.54) is 32.1 Å². The fraction of sp³-hybridized carbons (Fsp3) is 0.800. The quantitative estimate of drug-likeness (QED) is 0.394. The van der Waals surface area contributed by atoms with Crippen molar-refractivity contribution in [3.8, 4) is 0 Å². The molecule has 0 heterocycles. The number of allylic oxidation sites excluding steroid dienone is 1. The molecule has 0 aromatic carbocycles.